The number of nitrogens with zero attached hydrogens (tertiary/aromatic N) is 2. The van der Waals surface area contributed by atoms with Gasteiger partial charge in [-0.2, -0.15) is 4.31 Å². The summed E-state index contributed by atoms with van der Waals surface area (Å²) in [7, 11) is -4.14. The number of hydrogen-bond acceptors (Lipinski definition) is 8. The molecule has 0 bridgehead atoms. The molecule has 3 aromatic carbocycles. The number of non-ortho nitro benzene ring substituents is 1. The fraction of sp³-hybridized carbons (Fsp3) is 0.350. The third-order valence-corrected chi connectivity index (χ3v) is 9.71. The van der Waals surface area contributed by atoms with Gasteiger partial charge >= 0.3 is 0 Å². The highest BCUT2D eigenvalue weighted by Gasteiger charge is 2.24. The van der Waals surface area contributed by atoms with Crippen molar-refractivity contribution in [3.8, 4) is 47.4 Å². The first-order valence-corrected chi connectivity index (χ1v) is 18.2. The molecule has 2 heterocycles. The number of nitro benzene ring substituents is 1. The Morgan fingerprint density at radius 1 is 0.667 bits per heavy atom. The third-order valence-electron chi connectivity index (χ3n) is 7.90. The molecular weight excluding hydrogens is 669 g/mol. The molecule has 0 radical (unpaired) electrons. The van der Waals surface area contributed by atoms with Crippen molar-refractivity contribution in [2.45, 2.75) is 56.0 Å². The van der Waals surface area contributed by atoms with Crippen molar-refractivity contribution in [2.24, 2.45) is 0 Å². The van der Waals surface area contributed by atoms with Crippen LogP contribution in [0.4, 0.5) is 5.69 Å². The maximum Gasteiger partial charge on any atom is 0.269 e. The quantitative estimate of drug-likeness (QED) is 0.163. The lowest BCUT2D eigenvalue weighted by Crippen LogP contribution is -2.32. The largest absolute Gasteiger partial charge is 0.353 e. The molecule has 0 amide bonds. The van der Waals surface area contributed by atoms with Crippen molar-refractivity contribution in [3.05, 3.63) is 105 Å². The molecule has 2 saturated heterocycles. The molecule has 0 aliphatic carbocycles. The van der Waals surface area contributed by atoms with Gasteiger partial charge in [0.05, 0.1) is 22.9 Å². The number of hydrogen-bond donors (Lipinski definition) is 0. The van der Waals surface area contributed by atoms with E-state index in [-0.39, 0.29) is 49.5 Å². The van der Waals surface area contributed by atoms with Crippen LogP contribution in [0.15, 0.2) is 77.7 Å². The van der Waals surface area contributed by atoms with Crippen LogP contribution < -0.4 is 0 Å². The second-order valence-electron chi connectivity index (χ2n) is 11.5. The number of sulfonamides is 1. The van der Waals surface area contributed by atoms with Crippen LogP contribution in [-0.4, -0.2) is 69.7 Å². The van der Waals surface area contributed by atoms with Crippen LogP contribution in [0.25, 0.3) is 0 Å². The fourth-order valence-electron chi connectivity index (χ4n) is 5.18. The summed E-state index contributed by atoms with van der Waals surface area (Å²) in [5.41, 5.74) is 2.39. The van der Waals surface area contributed by atoms with Crippen LogP contribution in [0.1, 0.15) is 60.8 Å². The normalized spacial score (nSPS) is 17.0. The van der Waals surface area contributed by atoms with Crippen molar-refractivity contribution in [1.29, 1.82) is 0 Å². The Balaban J connectivity index is 1.32. The first-order chi connectivity index (χ1) is 24.9. The molecule has 0 spiro atoms. The summed E-state index contributed by atoms with van der Waals surface area (Å²) >= 11 is 0. The van der Waals surface area contributed by atoms with E-state index in [0.717, 1.165) is 55.0 Å². The summed E-state index contributed by atoms with van der Waals surface area (Å²) in [5, 5.41) is 11.2. The van der Waals surface area contributed by atoms with Gasteiger partial charge in [-0.15, -0.1) is 0 Å². The van der Waals surface area contributed by atoms with Gasteiger partial charge in [0.2, 0.25) is 10.0 Å². The van der Waals surface area contributed by atoms with E-state index in [1.54, 1.807) is 0 Å². The molecule has 2 unspecified atom stereocenters. The number of rotatable bonds is 9. The van der Waals surface area contributed by atoms with E-state index in [4.69, 9.17) is 18.9 Å². The van der Waals surface area contributed by atoms with Gasteiger partial charge in [0.1, 0.15) is 13.2 Å². The average molecular weight is 707 g/mol. The van der Waals surface area contributed by atoms with Crippen molar-refractivity contribution in [3.63, 3.8) is 0 Å². The van der Waals surface area contributed by atoms with Gasteiger partial charge in [-0.25, -0.2) is 8.42 Å². The van der Waals surface area contributed by atoms with E-state index < -0.39 is 14.9 Å². The molecular formula is C40H38N2O8S. The van der Waals surface area contributed by atoms with Gasteiger partial charge in [-0.3, -0.25) is 10.1 Å². The first-order valence-electron chi connectivity index (χ1n) is 16.7. The van der Waals surface area contributed by atoms with E-state index in [2.05, 4.69) is 47.4 Å². The Kier molecular flexibility index (Phi) is 14.2. The molecule has 11 heteroatoms. The Morgan fingerprint density at radius 2 is 1.10 bits per heavy atom. The number of ether oxygens (including phenoxy) is 4. The minimum absolute atomic E-state index is 0.113. The maximum atomic E-state index is 13.8. The van der Waals surface area contributed by atoms with Crippen molar-refractivity contribution in [2.75, 3.05) is 39.5 Å². The third kappa shape index (κ3) is 11.5. The van der Waals surface area contributed by atoms with Gasteiger partial charge in [0.15, 0.2) is 12.6 Å². The zero-order chi connectivity index (χ0) is 35.7. The zero-order valence-electron chi connectivity index (χ0n) is 28.1. The molecule has 0 saturated carbocycles. The molecule has 3 aromatic rings. The van der Waals surface area contributed by atoms with Crippen LogP contribution in [0.2, 0.25) is 0 Å². The number of nitro groups is 1. The predicted octanol–water partition coefficient (Wildman–Crippen LogP) is 5.48. The topological polar surface area (TPSA) is 117 Å². The zero-order valence-corrected chi connectivity index (χ0v) is 29.0. The molecule has 51 heavy (non-hydrogen) atoms. The lowest BCUT2D eigenvalue weighted by molar-refractivity contribution is -0.384. The molecule has 0 aromatic heterocycles. The molecule has 262 valence electrons. The Labute approximate surface area is 299 Å². The average Bonchev–Trinajstić information content (AvgIpc) is 3.16. The molecule has 2 aliphatic heterocycles. The van der Waals surface area contributed by atoms with Crippen molar-refractivity contribution in [1.82, 2.24) is 4.31 Å². The molecule has 5 rings (SSSR count). The second kappa shape index (κ2) is 19.4. The minimum atomic E-state index is -4.14. The van der Waals surface area contributed by atoms with Gasteiger partial charge in [-0.05, 0) is 74.9 Å². The smallest absolute Gasteiger partial charge is 0.269 e. The van der Waals surface area contributed by atoms with Gasteiger partial charge in [0.25, 0.3) is 5.69 Å². The van der Waals surface area contributed by atoms with E-state index in [0.29, 0.717) is 35.5 Å². The molecule has 10 nitrogen and oxygen atoms in total. The lowest BCUT2D eigenvalue weighted by atomic mass is 10.1. The van der Waals surface area contributed by atoms with Crippen LogP contribution in [0.5, 0.6) is 0 Å². The minimum Gasteiger partial charge on any atom is -0.353 e. The Morgan fingerprint density at radius 3 is 1.49 bits per heavy atom. The fourth-order valence-corrected chi connectivity index (χ4v) is 6.43. The highest BCUT2D eigenvalue weighted by Crippen LogP contribution is 2.20. The summed E-state index contributed by atoms with van der Waals surface area (Å²) < 4.78 is 51.3. The summed E-state index contributed by atoms with van der Waals surface area (Å²) in [4.78, 5) is 10.5. The maximum absolute atomic E-state index is 13.8. The second-order valence-corrected chi connectivity index (χ2v) is 13.5. The summed E-state index contributed by atoms with van der Waals surface area (Å²) in [6.07, 6.45) is 5.41. The molecule has 2 atom stereocenters. The van der Waals surface area contributed by atoms with E-state index >= 15 is 0 Å². The summed E-state index contributed by atoms with van der Waals surface area (Å²) in [5.74, 6) is 24.2. The van der Waals surface area contributed by atoms with E-state index in [1.165, 1.54) is 12.1 Å². The highest BCUT2D eigenvalue weighted by atomic mass is 32.2. The van der Waals surface area contributed by atoms with Gasteiger partial charge < -0.3 is 18.9 Å². The van der Waals surface area contributed by atoms with E-state index in [9.17, 15) is 18.5 Å². The lowest BCUT2D eigenvalue weighted by Gasteiger charge is -2.21. The molecule has 0 N–H and O–H groups in total. The monoisotopic (exact) mass is 706 g/mol. The van der Waals surface area contributed by atoms with Crippen molar-refractivity contribution >= 4 is 15.7 Å². The van der Waals surface area contributed by atoms with Crippen LogP contribution >= 0.6 is 0 Å². The standard InChI is InChI=1S/C40H38N2O8S/c43-42(44)37-23-25-38(26-24-37)51(45,46)41(27-9-17-33-13-1-3-15-35(33)19-11-31-49-39-21-5-7-29-47-39)28-10-18-34-14-2-4-16-36(34)20-12-32-50-40-22-6-8-30-48-40/h1-4,13-16,23-26,39-40H,5-8,21-22,27-32H2. The molecule has 2 fully saturated rings. The summed E-state index contributed by atoms with van der Waals surface area (Å²) in [6.45, 7) is 1.41. The van der Waals surface area contributed by atoms with Gasteiger partial charge in [-0.1, -0.05) is 71.6 Å². The Hall–Kier alpha value is -4.95. The van der Waals surface area contributed by atoms with E-state index in [1.807, 2.05) is 48.5 Å². The van der Waals surface area contributed by atoms with Gasteiger partial charge in [0, 0.05) is 47.6 Å². The predicted molar refractivity (Wildman–Crippen MR) is 191 cm³/mol. The van der Waals surface area contributed by atoms with Crippen LogP contribution in [-0.2, 0) is 29.0 Å². The molecule has 2 aliphatic rings. The van der Waals surface area contributed by atoms with Crippen LogP contribution in [0, 0.1) is 57.5 Å². The van der Waals surface area contributed by atoms with Crippen LogP contribution in [0.3, 0.4) is 0 Å². The summed E-state index contributed by atoms with van der Waals surface area (Å²) in [6, 6.07) is 19.4. The van der Waals surface area contributed by atoms with Crippen molar-refractivity contribution < 1.29 is 32.3 Å². The SMILES string of the molecule is O=[N+]([O-])c1ccc(S(=O)(=O)N(CC#Cc2ccccc2C#CCOC2CCCCO2)CC#Cc2ccccc2C#CCOC2CCCCO2)cc1. The Bertz CT molecular complexity index is 1900. The number of benzene rings is 3. The highest BCUT2D eigenvalue weighted by molar-refractivity contribution is 7.89. The first kappa shape index (κ1) is 37.3.